The number of nitrogens with one attached hydrogen (secondary N) is 1. The summed E-state index contributed by atoms with van der Waals surface area (Å²) in [7, 11) is 1.08. The van der Waals surface area contributed by atoms with Crippen molar-refractivity contribution in [1.29, 1.82) is 0 Å². The summed E-state index contributed by atoms with van der Waals surface area (Å²) < 4.78 is 35.6. The van der Waals surface area contributed by atoms with Crippen LogP contribution in [0.1, 0.15) is 30.6 Å². The van der Waals surface area contributed by atoms with Gasteiger partial charge in [-0.05, 0) is 31.5 Å². The van der Waals surface area contributed by atoms with Crippen LogP contribution in [0.4, 0.5) is 4.39 Å². The van der Waals surface area contributed by atoms with E-state index in [0.29, 0.717) is 6.42 Å². The number of carbonyl (C=O) groups is 1. The van der Waals surface area contributed by atoms with Crippen LogP contribution in [0.3, 0.4) is 0 Å². The number of halogens is 2. The summed E-state index contributed by atoms with van der Waals surface area (Å²) >= 11 is 0. The lowest BCUT2D eigenvalue weighted by atomic mass is 10.1. The van der Waals surface area contributed by atoms with Gasteiger partial charge in [0, 0.05) is 16.7 Å². The highest BCUT2D eigenvalue weighted by Crippen LogP contribution is 2.18. The summed E-state index contributed by atoms with van der Waals surface area (Å²) in [5, 5.41) is 2.58. The van der Waals surface area contributed by atoms with Crippen molar-refractivity contribution in [2.75, 3.05) is 0 Å². The van der Waals surface area contributed by atoms with Gasteiger partial charge in [0.1, 0.15) is 5.82 Å². The van der Waals surface area contributed by atoms with Crippen LogP contribution in [0.15, 0.2) is 23.1 Å². The molecule has 0 aromatic heterocycles. The van der Waals surface area contributed by atoms with Gasteiger partial charge in [0.15, 0.2) is 0 Å². The van der Waals surface area contributed by atoms with Gasteiger partial charge in [-0.25, -0.2) is 12.8 Å². The van der Waals surface area contributed by atoms with E-state index in [9.17, 15) is 17.6 Å². The van der Waals surface area contributed by atoms with Gasteiger partial charge in [-0.1, -0.05) is 6.92 Å². The van der Waals surface area contributed by atoms with Crippen molar-refractivity contribution in [3.05, 3.63) is 29.6 Å². The quantitative estimate of drug-likeness (QED) is 0.866. The molecule has 0 radical (unpaired) electrons. The third-order valence-corrected chi connectivity index (χ3v) is 3.81. The number of hydrogen-bond acceptors (Lipinski definition) is 3. The summed E-state index contributed by atoms with van der Waals surface area (Å²) in [6.07, 6.45) is 0.710. The van der Waals surface area contributed by atoms with E-state index in [4.69, 9.17) is 10.7 Å². The summed E-state index contributed by atoms with van der Waals surface area (Å²) in [5.74, 6) is -1.50. The van der Waals surface area contributed by atoms with Crippen LogP contribution in [0.5, 0.6) is 0 Å². The molecule has 0 spiro atoms. The zero-order chi connectivity index (χ0) is 13.9. The SMILES string of the molecule is CCC(C)NC(=O)c1ccc(S(=O)(=O)Cl)cc1F. The van der Waals surface area contributed by atoms with E-state index in [1.54, 1.807) is 6.92 Å². The zero-order valence-corrected chi connectivity index (χ0v) is 11.5. The fourth-order valence-electron chi connectivity index (χ4n) is 1.24. The van der Waals surface area contributed by atoms with Crippen molar-refractivity contribution < 1.29 is 17.6 Å². The maximum absolute atomic E-state index is 13.6. The Labute approximate surface area is 110 Å². The molecule has 18 heavy (non-hydrogen) atoms. The molecular formula is C11H13ClFNO3S. The van der Waals surface area contributed by atoms with E-state index in [1.807, 2.05) is 6.92 Å². The topological polar surface area (TPSA) is 63.2 Å². The van der Waals surface area contributed by atoms with E-state index in [2.05, 4.69) is 5.32 Å². The van der Waals surface area contributed by atoms with Crippen LogP contribution >= 0.6 is 10.7 Å². The van der Waals surface area contributed by atoms with Gasteiger partial charge >= 0.3 is 0 Å². The zero-order valence-electron chi connectivity index (χ0n) is 9.91. The van der Waals surface area contributed by atoms with E-state index in [-0.39, 0.29) is 16.5 Å². The molecule has 1 amide bonds. The van der Waals surface area contributed by atoms with E-state index in [0.717, 1.165) is 18.2 Å². The smallest absolute Gasteiger partial charge is 0.261 e. The standard InChI is InChI=1S/C11H13ClFNO3S/c1-3-7(2)14-11(15)9-5-4-8(6-10(9)13)18(12,16)17/h4-7H,3H2,1-2H3,(H,14,15). The number of benzene rings is 1. The molecule has 0 fully saturated rings. The molecule has 0 aliphatic heterocycles. The fraction of sp³-hybridized carbons (Fsp3) is 0.364. The lowest BCUT2D eigenvalue weighted by Crippen LogP contribution is -2.32. The third kappa shape index (κ3) is 3.68. The van der Waals surface area contributed by atoms with Crippen LogP contribution in [0.2, 0.25) is 0 Å². The van der Waals surface area contributed by atoms with Crippen LogP contribution in [0.25, 0.3) is 0 Å². The Balaban J connectivity index is 3.03. The van der Waals surface area contributed by atoms with Gasteiger partial charge in [0.2, 0.25) is 0 Å². The molecule has 1 unspecified atom stereocenters. The monoisotopic (exact) mass is 293 g/mol. The van der Waals surface area contributed by atoms with Gasteiger partial charge in [0.25, 0.3) is 15.0 Å². The molecule has 1 N–H and O–H groups in total. The molecule has 7 heteroatoms. The van der Waals surface area contributed by atoms with Gasteiger partial charge in [-0.3, -0.25) is 4.79 Å². The van der Waals surface area contributed by atoms with E-state index < -0.39 is 20.8 Å². The lowest BCUT2D eigenvalue weighted by Gasteiger charge is -2.11. The molecule has 100 valence electrons. The largest absolute Gasteiger partial charge is 0.350 e. The second kappa shape index (κ2) is 5.67. The first-order valence-electron chi connectivity index (χ1n) is 5.30. The van der Waals surface area contributed by atoms with Gasteiger partial charge in [0.05, 0.1) is 10.5 Å². The van der Waals surface area contributed by atoms with Crippen molar-refractivity contribution >= 4 is 25.6 Å². The molecule has 0 heterocycles. The molecule has 4 nitrogen and oxygen atoms in total. The van der Waals surface area contributed by atoms with Crippen molar-refractivity contribution in [2.24, 2.45) is 0 Å². The normalized spacial score (nSPS) is 13.1. The Hall–Kier alpha value is -1.14. The highest BCUT2D eigenvalue weighted by atomic mass is 35.7. The van der Waals surface area contributed by atoms with Crippen LogP contribution in [-0.4, -0.2) is 20.4 Å². The van der Waals surface area contributed by atoms with Gasteiger partial charge in [-0.2, -0.15) is 0 Å². The molecule has 0 bridgehead atoms. The second-order valence-corrected chi connectivity index (χ2v) is 6.43. The molecule has 1 rings (SSSR count). The predicted octanol–water partition coefficient (Wildman–Crippen LogP) is 2.28. The fourth-order valence-corrected chi connectivity index (χ4v) is 2.00. The third-order valence-electron chi connectivity index (χ3n) is 2.46. The minimum Gasteiger partial charge on any atom is -0.350 e. The minimum absolute atomic E-state index is 0.0895. The van der Waals surface area contributed by atoms with Gasteiger partial charge in [-0.15, -0.1) is 0 Å². The molecular weight excluding hydrogens is 281 g/mol. The Morgan fingerprint density at radius 3 is 2.56 bits per heavy atom. The first kappa shape index (κ1) is 14.9. The highest BCUT2D eigenvalue weighted by Gasteiger charge is 2.17. The Morgan fingerprint density at radius 2 is 2.11 bits per heavy atom. The van der Waals surface area contributed by atoms with Crippen molar-refractivity contribution in [3.63, 3.8) is 0 Å². The number of carbonyl (C=O) groups excluding carboxylic acids is 1. The minimum atomic E-state index is -3.99. The summed E-state index contributed by atoms with van der Waals surface area (Å²) in [4.78, 5) is 11.3. The van der Waals surface area contributed by atoms with Crippen LogP contribution in [0, 0.1) is 5.82 Å². The van der Waals surface area contributed by atoms with Gasteiger partial charge < -0.3 is 5.32 Å². The average Bonchev–Trinajstić information content (AvgIpc) is 2.27. The summed E-state index contributed by atoms with van der Waals surface area (Å²) in [5.41, 5.74) is -0.209. The summed E-state index contributed by atoms with van der Waals surface area (Å²) in [6.45, 7) is 3.66. The number of rotatable bonds is 4. The summed E-state index contributed by atoms with van der Waals surface area (Å²) in [6, 6.07) is 2.83. The highest BCUT2D eigenvalue weighted by molar-refractivity contribution is 8.13. The Kier molecular flexibility index (Phi) is 4.70. The van der Waals surface area contributed by atoms with Crippen molar-refractivity contribution in [3.8, 4) is 0 Å². The molecule has 0 aliphatic carbocycles. The predicted molar refractivity (Wildman–Crippen MR) is 66.7 cm³/mol. The molecule has 0 saturated heterocycles. The second-order valence-electron chi connectivity index (χ2n) is 3.86. The van der Waals surface area contributed by atoms with Crippen LogP contribution in [-0.2, 0) is 9.05 Å². The molecule has 0 saturated carbocycles. The molecule has 0 aliphatic rings. The maximum Gasteiger partial charge on any atom is 0.261 e. The number of hydrogen-bond donors (Lipinski definition) is 1. The molecule has 1 atom stereocenters. The Bertz CT molecular complexity index is 559. The first-order chi connectivity index (χ1) is 8.25. The molecule has 1 aromatic carbocycles. The first-order valence-corrected chi connectivity index (χ1v) is 7.61. The Morgan fingerprint density at radius 1 is 1.50 bits per heavy atom. The van der Waals surface area contributed by atoms with Crippen LogP contribution < -0.4 is 5.32 Å². The lowest BCUT2D eigenvalue weighted by molar-refractivity contribution is 0.0935. The van der Waals surface area contributed by atoms with E-state index >= 15 is 0 Å². The number of amides is 1. The average molecular weight is 294 g/mol. The molecule has 1 aromatic rings. The van der Waals surface area contributed by atoms with Crippen molar-refractivity contribution in [1.82, 2.24) is 5.32 Å². The maximum atomic E-state index is 13.6. The van der Waals surface area contributed by atoms with E-state index in [1.165, 1.54) is 0 Å². The van der Waals surface area contributed by atoms with Crippen molar-refractivity contribution in [2.45, 2.75) is 31.2 Å².